The minimum absolute atomic E-state index is 0.128. The lowest BCUT2D eigenvalue weighted by Gasteiger charge is -2.70. The van der Waals surface area contributed by atoms with Crippen LogP contribution in [0.1, 0.15) is 113 Å². The highest BCUT2D eigenvalue weighted by molar-refractivity contribution is 6.07. The summed E-state index contributed by atoms with van der Waals surface area (Å²) in [5, 5.41) is 10.2. The summed E-state index contributed by atoms with van der Waals surface area (Å²) in [4.78, 5) is 42.1. The predicted molar refractivity (Wildman–Crippen MR) is 155 cm³/mol. The van der Waals surface area contributed by atoms with E-state index >= 15 is 0 Å². The van der Waals surface area contributed by atoms with Gasteiger partial charge < -0.3 is 4.74 Å². The minimum atomic E-state index is -1.41. The zero-order chi connectivity index (χ0) is 29.5. The molecule has 0 heterocycles. The van der Waals surface area contributed by atoms with Gasteiger partial charge in [-0.3, -0.25) is 14.4 Å². The number of hydrogen-bond donors (Lipinski definition) is 0. The van der Waals surface area contributed by atoms with Gasteiger partial charge >= 0.3 is 5.97 Å². The maximum Gasteiger partial charge on any atom is 0.319 e. The molecule has 0 amide bonds. The van der Waals surface area contributed by atoms with E-state index in [1.54, 1.807) is 6.92 Å². The number of hydrogen-bond acceptors (Lipinski definition) is 5. The van der Waals surface area contributed by atoms with Gasteiger partial charge in [-0.2, -0.15) is 5.26 Å². The van der Waals surface area contributed by atoms with Crippen LogP contribution in [0, 0.1) is 73.9 Å². The highest BCUT2D eigenvalue weighted by Crippen LogP contribution is 2.75. The van der Waals surface area contributed by atoms with E-state index in [9.17, 15) is 19.6 Å². The maximum absolute atomic E-state index is 14.6. The Morgan fingerprint density at radius 2 is 1.75 bits per heavy atom. The third-order valence-electron chi connectivity index (χ3n) is 13.9. The van der Waals surface area contributed by atoms with Crippen molar-refractivity contribution >= 4 is 17.5 Å². The van der Waals surface area contributed by atoms with Gasteiger partial charge in [-0.15, -0.1) is 0 Å². The summed E-state index contributed by atoms with van der Waals surface area (Å²) in [6.45, 7) is 18.1. The quantitative estimate of drug-likeness (QED) is 0.206. The molecule has 0 radical (unpaired) electrons. The van der Waals surface area contributed by atoms with Crippen LogP contribution in [0.4, 0.5) is 0 Å². The molecule has 0 saturated heterocycles. The molecule has 40 heavy (non-hydrogen) atoms. The molecule has 0 bridgehead atoms. The number of carbonyl (C=O) groups excluding carboxylic acids is 3. The van der Waals surface area contributed by atoms with E-state index in [1.807, 2.05) is 13.0 Å². The van der Waals surface area contributed by atoms with Crippen molar-refractivity contribution in [2.75, 3.05) is 6.61 Å². The van der Waals surface area contributed by atoms with Crippen molar-refractivity contribution in [3.05, 3.63) is 11.6 Å². The fourth-order valence-corrected chi connectivity index (χ4v) is 11.2. The van der Waals surface area contributed by atoms with Crippen molar-refractivity contribution < 1.29 is 19.1 Å². The molecule has 4 fully saturated rings. The molecule has 5 nitrogen and oxygen atoms in total. The van der Waals surface area contributed by atoms with Crippen molar-refractivity contribution in [1.29, 1.82) is 5.26 Å². The van der Waals surface area contributed by atoms with Crippen LogP contribution < -0.4 is 0 Å². The van der Waals surface area contributed by atoms with E-state index in [1.165, 1.54) is 24.8 Å². The van der Waals surface area contributed by atoms with Gasteiger partial charge in [-0.25, -0.2) is 0 Å². The molecule has 0 aromatic heterocycles. The van der Waals surface area contributed by atoms with Crippen LogP contribution in [0.5, 0.6) is 0 Å². The molecular formula is C35H51NO4. The van der Waals surface area contributed by atoms with E-state index in [-0.39, 0.29) is 46.3 Å². The second kappa shape index (κ2) is 9.53. The van der Waals surface area contributed by atoms with Crippen LogP contribution in [-0.4, -0.2) is 24.1 Å². The average molecular weight is 550 g/mol. The molecule has 0 aromatic rings. The largest absolute Gasteiger partial charge is 0.465 e. The number of fused-ring (bicyclic) bond motifs is 7. The molecule has 220 valence electrons. The third kappa shape index (κ3) is 3.65. The molecule has 1 unspecified atom stereocenters. The summed E-state index contributed by atoms with van der Waals surface area (Å²) in [5.41, 5.74) is -0.881. The Bertz CT molecular complexity index is 1180. The lowest BCUT2D eigenvalue weighted by molar-refractivity contribution is -0.203. The first-order chi connectivity index (χ1) is 18.7. The molecule has 5 heteroatoms. The van der Waals surface area contributed by atoms with Crippen molar-refractivity contribution in [2.45, 2.75) is 113 Å². The number of rotatable bonds is 4. The molecule has 11 atom stereocenters. The monoisotopic (exact) mass is 549 g/mol. The number of ketones is 2. The van der Waals surface area contributed by atoms with Crippen LogP contribution in [-0.2, 0) is 19.1 Å². The summed E-state index contributed by atoms with van der Waals surface area (Å²) in [7, 11) is 0. The molecule has 0 N–H and O–H groups in total. The van der Waals surface area contributed by atoms with Crippen LogP contribution in [0.3, 0.4) is 0 Å². The first-order valence-corrected chi connectivity index (χ1v) is 16.0. The van der Waals surface area contributed by atoms with E-state index in [2.05, 4.69) is 47.6 Å². The minimum Gasteiger partial charge on any atom is -0.465 e. The molecule has 5 aliphatic rings. The summed E-state index contributed by atoms with van der Waals surface area (Å²) < 4.78 is 5.70. The van der Waals surface area contributed by atoms with Gasteiger partial charge in [0.25, 0.3) is 0 Å². The maximum atomic E-state index is 14.6. The van der Waals surface area contributed by atoms with Crippen LogP contribution in [0.2, 0.25) is 0 Å². The number of Topliss-reactive ketones (excluding diaryl/α,β-unsaturated/α-hetero) is 1. The normalized spacial score (nSPS) is 49.9. The number of carbonyl (C=O) groups is 3. The Morgan fingerprint density at radius 1 is 1.05 bits per heavy atom. The average Bonchev–Trinajstić information content (AvgIpc) is 2.90. The van der Waals surface area contributed by atoms with Crippen LogP contribution >= 0.6 is 0 Å². The summed E-state index contributed by atoms with van der Waals surface area (Å²) in [5.74, 6) is -0.662. The smallest absolute Gasteiger partial charge is 0.319 e. The lowest BCUT2D eigenvalue weighted by atomic mass is 9.32. The van der Waals surface area contributed by atoms with E-state index in [4.69, 9.17) is 4.74 Å². The number of esters is 1. The fourth-order valence-electron chi connectivity index (χ4n) is 11.2. The van der Waals surface area contributed by atoms with Crippen molar-refractivity contribution in [3.63, 3.8) is 0 Å². The fraction of sp³-hybridized carbons (Fsp3) is 0.829. The topological polar surface area (TPSA) is 84.2 Å². The number of ether oxygens (including phenoxy) is 1. The number of nitriles is 1. The van der Waals surface area contributed by atoms with Gasteiger partial charge in [-0.1, -0.05) is 60.5 Å². The predicted octanol–water partition coefficient (Wildman–Crippen LogP) is 7.49. The molecule has 5 aliphatic carbocycles. The van der Waals surface area contributed by atoms with Gasteiger partial charge in [0.15, 0.2) is 11.6 Å². The number of unbranched alkanes of at least 4 members (excludes halogenated alkanes) is 1. The third-order valence-corrected chi connectivity index (χ3v) is 13.9. The van der Waals surface area contributed by atoms with E-state index in [0.717, 1.165) is 25.7 Å². The van der Waals surface area contributed by atoms with Crippen LogP contribution in [0.25, 0.3) is 0 Å². The Balaban J connectivity index is 1.62. The van der Waals surface area contributed by atoms with Crippen molar-refractivity contribution in [3.8, 4) is 6.07 Å². The van der Waals surface area contributed by atoms with Crippen molar-refractivity contribution in [1.82, 2.24) is 0 Å². The standard InChI is InChI=1S/C35H51NO4/c1-9-10-17-40-30(39)35(8)26-12-14-34(7)28(32(26,5)19-23(20-36)29(35)38)25(37)18-24-27-22(3)21(2)11-13-31(27,4)15-16-33(24,34)6/h18,21-23,26-28H,9-17,19H2,1-8H3/t21-,22+,23?,26-,27+,28-,31-,32+,33-,34-,35-/m1/s1. The van der Waals surface area contributed by atoms with Crippen molar-refractivity contribution in [2.24, 2.45) is 62.6 Å². The Kier molecular flexibility index (Phi) is 7.04. The molecule has 4 saturated carbocycles. The lowest BCUT2D eigenvalue weighted by Crippen LogP contribution is -2.68. The Labute approximate surface area is 241 Å². The second-order valence-corrected chi connectivity index (χ2v) is 15.7. The molecule has 0 spiro atoms. The molecular weight excluding hydrogens is 498 g/mol. The second-order valence-electron chi connectivity index (χ2n) is 15.7. The van der Waals surface area contributed by atoms with Gasteiger partial charge in [0.1, 0.15) is 11.3 Å². The number of allylic oxidation sites excluding steroid dienone is 2. The Morgan fingerprint density at radius 3 is 2.40 bits per heavy atom. The van der Waals surface area contributed by atoms with Gasteiger partial charge in [0.05, 0.1) is 12.7 Å². The summed E-state index contributed by atoms with van der Waals surface area (Å²) in [6, 6.07) is 2.25. The molecule has 5 rings (SSSR count). The SMILES string of the molecule is CCCCOC(=O)[C@@]1(C)C(=O)C(C#N)C[C@]2(C)[C@H]3C(=O)C=C4[C@@H]5[C@@H](C)[C@H](C)CC[C@]5(C)CC[C@@]4(C)[C@]3(C)CC[C@@H]12. The molecule has 0 aliphatic heterocycles. The highest BCUT2D eigenvalue weighted by Gasteiger charge is 2.73. The highest BCUT2D eigenvalue weighted by atomic mass is 16.5. The first kappa shape index (κ1) is 29.5. The molecule has 0 aromatic carbocycles. The summed E-state index contributed by atoms with van der Waals surface area (Å²) in [6.07, 6.45) is 10.2. The van der Waals surface area contributed by atoms with E-state index < -0.39 is 22.7 Å². The number of nitrogens with zero attached hydrogens (tertiary/aromatic N) is 1. The zero-order valence-electron chi connectivity index (χ0n) is 26.2. The van der Waals surface area contributed by atoms with Gasteiger partial charge in [0.2, 0.25) is 0 Å². The van der Waals surface area contributed by atoms with E-state index in [0.29, 0.717) is 30.6 Å². The summed E-state index contributed by atoms with van der Waals surface area (Å²) >= 11 is 0. The zero-order valence-corrected chi connectivity index (χ0v) is 26.2. The van der Waals surface area contributed by atoms with Gasteiger partial charge in [-0.05, 0) is 110 Å². The van der Waals surface area contributed by atoms with Crippen LogP contribution in [0.15, 0.2) is 11.6 Å². The first-order valence-electron chi connectivity index (χ1n) is 16.0. The Hall–Kier alpha value is -1.96. The van der Waals surface area contributed by atoms with Gasteiger partial charge in [0, 0.05) is 5.92 Å².